The maximum atomic E-state index is 11.8. The van der Waals surface area contributed by atoms with Gasteiger partial charge in [0.2, 0.25) is 0 Å². The zero-order chi connectivity index (χ0) is 20.4. The smallest absolute Gasteiger partial charge is 0.308 e. The van der Waals surface area contributed by atoms with Gasteiger partial charge >= 0.3 is 5.97 Å². The average molecular weight is 372 g/mol. The van der Waals surface area contributed by atoms with Crippen molar-refractivity contribution in [3.05, 3.63) is 35.5 Å². The largest absolute Gasteiger partial charge is 0.426 e. The van der Waals surface area contributed by atoms with E-state index in [1.165, 1.54) is 6.92 Å². The van der Waals surface area contributed by atoms with Crippen molar-refractivity contribution < 1.29 is 9.53 Å². The molecule has 148 valence electrons. The molecule has 0 spiro atoms. The summed E-state index contributed by atoms with van der Waals surface area (Å²) in [6.45, 7) is 17.2. The van der Waals surface area contributed by atoms with Gasteiger partial charge in [0.25, 0.3) is 0 Å². The van der Waals surface area contributed by atoms with E-state index in [1.807, 2.05) is 10.7 Å². The summed E-state index contributed by atoms with van der Waals surface area (Å²) in [5, 5.41) is 7.89. The fourth-order valence-corrected chi connectivity index (χ4v) is 3.05. The number of ether oxygens (including phenoxy) is 1. The quantitative estimate of drug-likeness (QED) is 0.552. The van der Waals surface area contributed by atoms with Gasteiger partial charge in [-0.1, -0.05) is 48.5 Å². The Kier molecular flexibility index (Phi) is 6.03. The summed E-state index contributed by atoms with van der Waals surface area (Å²) >= 11 is 0. The molecule has 2 rings (SSSR count). The van der Waals surface area contributed by atoms with Crippen molar-refractivity contribution in [2.75, 3.05) is 5.32 Å². The average Bonchev–Trinajstić information content (AvgIpc) is 2.93. The fourth-order valence-electron chi connectivity index (χ4n) is 3.05. The maximum absolute atomic E-state index is 11.8. The van der Waals surface area contributed by atoms with Crippen molar-refractivity contribution in [1.82, 2.24) is 9.78 Å². The van der Waals surface area contributed by atoms with Crippen molar-refractivity contribution in [1.29, 1.82) is 0 Å². The van der Waals surface area contributed by atoms with E-state index in [0.717, 1.165) is 35.6 Å². The van der Waals surface area contributed by atoms with Crippen LogP contribution in [0.1, 0.15) is 72.9 Å². The van der Waals surface area contributed by atoms with Crippen molar-refractivity contribution in [2.45, 2.75) is 79.2 Å². The number of aryl methyl sites for hydroxylation is 1. The second-order valence-corrected chi connectivity index (χ2v) is 9.06. The van der Waals surface area contributed by atoms with Crippen LogP contribution in [0.4, 0.5) is 11.5 Å². The Morgan fingerprint density at radius 2 is 1.67 bits per heavy atom. The summed E-state index contributed by atoms with van der Waals surface area (Å²) in [4.78, 5) is 11.8. The number of hydrogen-bond acceptors (Lipinski definition) is 4. The molecule has 5 heteroatoms. The van der Waals surface area contributed by atoms with E-state index in [2.05, 4.69) is 71.0 Å². The van der Waals surface area contributed by atoms with Crippen LogP contribution in [-0.4, -0.2) is 15.7 Å². The van der Waals surface area contributed by atoms with E-state index in [4.69, 9.17) is 4.74 Å². The van der Waals surface area contributed by atoms with Gasteiger partial charge in [-0.25, -0.2) is 4.68 Å². The van der Waals surface area contributed by atoms with Crippen molar-refractivity contribution in [3.63, 3.8) is 0 Å². The van der Waals surface area contributed by atoms with Crippen LogP contribution in [0, 0.1) is 0 Å². The van der Waals surface area contributed by atoms with E-state index >= 15 is 0 Å². The minimum Gasteiger partial charge on any atom is -0.426 e. The second-order valence-electron chi connectivity index (χ2n) is 9.06. The van der Waals surface area contributed by atoms with E-state index in [0.29, 0.717) is 5.75 Å². The predicted octanol–water partition coefficient (Wildman–Crippen LogP) is 5.56. The molecule has 27 heavy (non-hydrogen) atoms. The minimum absolute atomic E-state index is 0.174. The highest BCUT2D eigenvalue weighted by Gasteiger charge is 2.29. The number of nitrogens with one attached hydrogen (secondary N) is 1. The fraction of sp³-hybridized carbons (Fsp3) is 0.545. The van der Waals surface area contributed by atoms with Gasteiger partial charge < -0.3 is 10.1 Å². The van der Waals surface area contributed by atoms with E-state index < -0.39 is 0 Å². The lowest BCUT2D eigenvalue weighted by atomic mass is 9.79. The Labute approximate surface area is 163 Å². The Hall–Kier alpha value is -2.30. The third kappa shape index (κ3) is 5.12. The molecule has 0 aliphatic carbocycles. The summed E-state index contributed by atoms with van der Waals surface area (Å²) in [6, 6.07) is 6.14. The van der Waals surface area contributed by atoms with Gasteiger partial charge in [-0.3, -0.25) is 4.79 Å². The van der Waals surface area contributed by atoms with E-state index in [1.54, 1.807) is 6.20 Å². The number of carbonyl (C=O) groups is 1. The lowest BCUT2D eigenvalue weighted by Gasteiger charge is -2.30. The molecule has 0 unspecified atom stereocenters. The van der Waals surface area contributed by atoms with Crippen LogP contribution in [0.25, 0.3) is 0 Å². The zero-order valence-corrected chi connectivity index (χ0v) is 17.9. The van der Waals surface area contributed by atoms with Crippen LogP contribution in [0.2, 0.25) is 0 Å². The van der Waals surface area contributed by atoms with Gasteiger partial charge in [0.1, 0.15) is 11.6 Å². The zero-order valence-electron chi connectivity index (χ0n) is 17.9. The summed E-state index contributed by atoms with van der Waals surface area (Å²) in [5.74, 6) is 1.33. The number of hydrogen-bond donors (Lipinski definition) is 1. The third-order valence-electron chi connectivity index (χ3n) is 4.38. The summed E-state index contributed by atoms with van der Waals surface area (Å²) < 4.78 is 7.66. The lowest BCUT2D eigenvalue weighted by molar-refractivity contribution is -0.132. The first-order valence-electron chi connectivity index (χ1n) is 9.59. The van der Waals surface area contributed by atoms with Crippen LogP contribution in [-0.2, 0) is 22.2 Å². The molecular weight excluding hydrogens is 338 g/mol. The SMILES string of the molecule is CCCn1nccc1Nc1cc(C(C)(C)C)c(OC(C)=O)c(C(C)(C)C)c1. The third-order valence-corrected chi connectivity index (χ3v) is 4.38. The van der Waals surface area contributed by atoms with E-state index in [-0.39, 0.29) is 16.8 Å². The van der Waals surface area contributed by atoms with Crippen LogP contribution in [0.3, 0.4) is 0 Å². The summed E-state index contributed by atoms with van der Waals surface area (Å²) in [5.41, 5.74) is 2.64. The normalized spacial score (nSPS) is 12.1. The predicted molar refractivity (Wildman–Crippen MR) is 111 cm³/mol. The first-order chi connectivity index (χ1) is 12.4. The van der Waals surface area contributed by atoms with Gasteiger partial charge in [-0.2, -0.15) is 5.10 Å². The molecule has 0 radical (unpaired) electrons. The van der Waals surface area contributed by atoms with Crippen molar-refractivity contribution >= 4 is 17.5 Å². The number of anilines is 2. The van der Waals surface area contributed by atoms with E-state index in [9.17, 15) is 4.79 Å². The van der Waals surface area contributed by atoms with Crippen LogP contribution in [0.15, 0.2) is 24.4 Å². The monoisotopic (exact) mass is 371 g/mol. The molecule has 1 N–H and O–H groups in total. The molecule has 5 nitrogen and oxygen atoms in total. The number of carbonyl (C=O) groups excluding carboxylic acids is 1. The minimum atomic E-state index is -0.298. The molecule has 0 aliphatic rings. The molecule has 0 aliphatic heterocycles. The Bertz CT molecular complexity index is 773. The molecule has 0 saturated heterocycles. The first-order valence-corrected chi connectivity index (χ1v) is 9.59. The molecule has 0 fully saturated rings. The Morgan fingerprint density at radius 1 is 1.11 bits per heavy atom. The van der Waals surface area contributed by atoms with Crippen molar-refractivity contribution in [3.8, 4) is 5.75 Å². The first kappa shape index (κ1) is 21.0. The van der Waals surface area contributed by atoms with Gasteiger partial charge in [0.15, 0.2) is 0 Å². The highest BCUT2D eigenvalue weighted by molar-refractivity contribution is 5.73. The molecule has 0 saturated carbocycles. The summed E-state index contributed by atoms with van der Waals surface area (Å²) in [6.07, 6.45) is 2.82. The van der Waals surface area contributed by atoms with Gasteiger partial charge in [0.05, 0.1) is 6.20 Å². The van der Waals surface area contributed by atoms with Gasteiger partial charge in [-0.05, 0) is 29.4 Å². The number of rotatable bonds is 5. The van der Waals surface area contributed by atoms with Crippen LogP contribution < -0.4 is 10.1 Å². The van der Waals surface area contributed by atoms with Crippen LogP contribution in [0.5, 0.6) is 5.75 Å². The Morgan fingerprint density at radius 3 is 2.11 bits per heavy atom. The lowest BCUT2D eigenvalue weighted by Crippen LogP contribution is -2.21. The highest BCUT2D eigenvalue weighted by Crippen LogP contribution is 2.42. The van der Waals surface area contributed by atoms with Crippen molar-refractivity contribution in [2.24, 2.45) is 0 Å². The molecule has 0 amide bonds. The standard InChI is InChI=1S/C22H33N3O2/c1-9-12-25-19(10-11-23-25)24-16-13-17(21(3,4)5)20(27-15(2)26)18(14-16)22(6,7)8/h10-11,13-14,24H,9,12H2,1-8H3. The van der Waals surface area contributed by atoms with Gasteiger partial charge in [-0.15, -0.1) is 0 Å². The molecule has 1 heterocycles. The number of benzene rings is 1. The topological polar surface area (TPSA) is 56.1 Å². The molecule has 1 aromatic heterocycles. The molecule has 0 atom stereocenters. The second kappa shape index (κ2) is 7.75. The number of aromatic nitrogens is 2. The number of nitrogens with zero attached hydrogens (tertiary/aromatic N) is 2. The molecule has 0 bridgehead atoms. The molecular formula is C22H33N3O2. The molecule has 2 aromatic rings. The molecule has 1 aromatic carbocycles. The van der Waals surface area contributed by atoms with Crippen LogP contribution >= 0.6 is 0 Å². The maximum Gasteiger partial charge on any atom is 0.308 e. The highest BCUT2D eigenvalue weighted by atomic mass is 16.5. The summed E-state index contributed by atoms with van der Waals surface area (Å²) in [7, 11) is 0. The van der Waals surface area contributed by atoms with Gasteiger partial charge in [0, 0.05) is 36.3 Å². The number of esters is 1. The Balaban J connectivity index is 2.62.